The van der Waals surface area contributed by atoms with Crippen LogP contribution in [-0.4, -0.2) is 32.6 Å². The van der Waals surface area contributed by atoms with E-state index in [-0.39, 0.29) is 23.6 Å². The molecule has 2 N–H and O–H groups in total. The van der Waals surface area contributed by atoms with Gasteiger partial charge in [-0.3, -0.25) is 9.59 Å². The zero-order chi connectivity index (χ0) is 20.0. The van der Waals surface area contributed by atoms with Crippen molar-refractivity contribution >= 4 is 29.1 Å². The van der Waals surface area contributed by atoms with Crippen LogP contribution < -0.4 is 20.1 Å². The Morgan fingerprint density at radius 3 is 2.37 bits per heavy atom. The summed E-state index contributed by atoms with van der Waals surface area (Å²) in [5, 5.41) is 5.23. The molecule has 0 unspecified atom stereocenters. The summed E-state index contributed by atoms with van der Waals surface area (Å²) >= 11 is 6.08. The number of hydrogen-bond donors (Lipinski definition) is 2. The number of hydrogen-bond acceptors (Lipinski definition) is 4. The Morgan fingerprint density at radius 2 is 1.74 bits per heavy atom. The first kappa shape index (κ1) is 20.4. The largest absolute Gasteiger partial charge is 0.493 e. The Hall–Kier alpha value is -2.87. The lowest BCUT2D eigenvalue weighted by Gasteiger charge is -2.13. The van der Waals surface area contributed by atoms with E-state index >= 15 is 0 Å². The molecule has 0 spiro atoms. The molecule has 0 saturated carbocycles. The molecule has 0 atom stereocenters. The Kier molecular flexibility index (Phi) is 6.95. The predicted molar refractivity (Wildman–Crippen MR) is 96.5 cm³/mol. The fourth-order valence-corrected chi connectivity index (χ4v) is 2.42. The van der Waals surface area contributed by atoms with Crippen molar-refractivity contribution in [3.05, 3.63) is 52.6 Å². The summed E-state index contributed by atoms with van der Waals surface area (Å²) in [6, 6.07) is 5.62. The molecule has 27 heavy (non-hydrogen) atoms. The minimum absolute atomic E-state index is 0.0492. The molecule has 0 saturated heterocycles. The molecule has 0 heterocycles. The van der Waals surface area contributed by atoms with E-state index in [1.807, 2.05) is 0 Å². The van der Waals surface area contributed by atoms with E-state index < -0.39 is 23.4 Å². The Balaban J connectivity index is 1.92. The highest BCUT2D eigenvalue weighted by atomic mass is 35.5. The fraction of sp³-hybridized carbons (Fsp3) is 0.222. The van der Waals surface area contributed by atoms with E-state index in [4.69, 9.17) is 21.1 Å². The van der Waals surface area contributed by atoms with Gasteiger partial charge in [0.15, 0.2) is 11.5 Å². The van der Waals surface area contributed by atoms with Crippen molar-refractivity contribution in [2.24, 2.45) is 0 Å². The topological polar surface area (TPSA) is 76.7 Å². The first-order valence-corrected chi connectivity index (χ1v) is 8.18. The number of anilines is 1. The maximum absolute atomic E-state index is 13.5. The summed E-state index contributed by atoms with van der Waals surface area (Å²) in [4.78, 5) is 23.9. The SMILES string of the molecule is COc1cc(Cl)c(NC(=O)CCNC(=O)c2ccc(F)cc2F)cc1OC. The van der Waals surface area contributed by atoms with E-state index in [0.29, 0.717) is 23.3 Å². The van der Waals surface area contributed by atoms with Crippen molar-refractivity contribution in [3.8, 4) is 11.5 Å². The summed E-state index contributed by atoms with van der Waals surface area (Å²) in [7, 11) is 2.90. The first-order valence-electron chi connectivity index (χ1n) is 7.80. The molecule has 2 aromatic rings. The number of amides is 2. The van der Waals surface area contributed by atoms with Gasteiger partial charge in [0.05, 0.1) is 30.5 Å². The molecule has 0 fully saturated rings. The Bertz CT molecular complexity index is 861. The lowest BCUT2D eigenvalue weighted by Crippen LogP contribution is -2.28. The van der Waals surface area contributed by atoms with Crippen molar-refractivity contribution < 1.29 is 27.8 Å². The number of carbonyl (C=O) groups is 2. The molecule has 2 aromatic carbocycles. The van der Waals surface area contributed by atoms with Gasteiger partial charge in [-0.2, -0.15) is 0 Å². The zero-order valence-electron chi connectivity index (χ0n) is 14.6. The van der Waals surface area contributed by atoms with Gasteiger partial charge in [0.25, 0.3) is 5.91 Å². The minimum Gasteiger partial charge on any atom is -0.493 e. The third-order valence-electron chi connectivity index (χ3n) is 3.56. The van der Waals surface area contributed by atoms with E-state index in [9.17, 15) is 18.4 Å². The number of carbonyl (C=O) groups excluding carboxylic acids is 2. The van der Waals surface area contributed by atoms with Crippen molar-refractivity contribution in [2.45, 2.75) is 6.42 Å². The van der Waals surface area contributed by atoms with Crippen LogP contribution in [0.25, 0.3) is 0 Å². The molecule has 2 amide bonds. The number of ether oxygens (including phenoxy) is 2. The second-order valence-electron chi connectivity index (χ2n) is 5.37. The maximum atomic E-state index is 13.5. The van der Waals surface area contributed by atoms with Crippen molar-refractivity contribution in [1.82, 2.24) is 5.32 Å². The van der Waals surface area contributed by atoms with Gasteiger partial charge < -0.3 is 20.1 Å². The van der Waals surface area contributed by atoms with E-state index in [1.165, 1.54) is 26.4 Å². The number of methoxy groups -OCH3 is 2. The molecule has 0 aliphatic heterocycles. The van der Waals surface area contributed by atoms with Crippen LogP contribution in [0.5, 0.6) is 11.5 Å². The standard InChI is InChI=1S/C18H17ClF2N2O4/c1-26-15-8-12(19)14(9-16(15)27-2)23-17(24)5-6-22-18(25)11-4-3-10(20)7-13(11)21/h3-4,7-9H,5-6H2,1-2H3,(H,22,25)(H,23,24). The summed E-state index contributed by atoms with van der Waals surface area (Å²) in [6.45, 7) is -0.0492. The first-order chi connectivity index (χ1) is 12.8. The van der Waals surface area contributed by atoms with Gasteiger partial charge in [0.2, 0.25) is 5.91 Å². The molecule has 2 rings (SSSR count). The van der Waals surface area contributed by atoms with Crippen molar-refractivity contribution in [1.29, 1.82) is 0 Å². The van der Waals surface area contributed by atoms with Crippen molar-refractivity contribution in [2.75, 3.05) is 26.1 Å². The van der Waals surface area contributed by atoms with E-state index in [1.54, 1.807) is 0 Å². The highest BCUT2D eigenvalue weighted by Gasteiger charge is 2.14. The summed E-state index contributed by atoms with van der Waals surface area (Å²) < 4.78 is 36.6. The quantitative estimate of drug-likeness (QED) is 0.749. The smallest absolute Gasteiger partial charge is 0.254 e. The number of halogens is 3. The van der Waals surface area contributed by atoms with Crippen LogP contribution in [0, 0.1) is 11.6 Å². The average molecular weight is 399 g/mol. The average Bonchev–Trinajstić information content (AvgIpc) is 2.62. The number of nitrogens with one attached hydrogen (secondary N) is 2. The van der Waals surface area contributed by atoms with Crippen molar-refractivity contribution in [3.63, 3.8) is 0 Å². The molecule has 0 aliphatic carbocycles. The summed E-state index contributed by atoms with van der Waals surface area (Å²) in [5.41, 5.74) is 0.00923. The van der Waals surface area contributed by atoms with Gasteiger partial charge in [0.1, 0.15) is 11.6 Å². The monoisotopic (exact) mass is 398 g/mol. The van der Waals surface area contributed by atoms with E-state index in [0.717, 1.165) is 12.1 Å². The summed E-state index contributed by atoms with van der Waals surface area (Å²) in [5.74, 6) is -2.14. The summed E-state index contributed by atoms with van der Waals surface area (Å²) in [6.07, 6.45) is -0.0841. The number of rotatable bonds is 7. The molecule has 0 aliphatic rings. The lowest BCUT2D eigenvalue weighted by atomic mass is 10.2. The van der Waals surface area contributed by atoms with Gasteiger partial charge >= 0.3 is 0 Å². The lowest BCUT2D eigenvalue weighted by molar-refractivity contribution is -0.116. The molecule has 0 aromatic heterocycles. The third kappa shape index (κ3) is 5.30. The normalized spacial score (nSPS) is 10.3. The van der Waals surface area contributed by atoms with Crippen LogP contribution in [0.2, 0.25) is 5.02 Å². The fourth-order valence-electron chi connectivity index (χ4n) is 2.22. The molecule has 9 heteroatoms. The zero-order valence-corrected chi connectivity index (χ0v) is 15.3. The van der Waals surface area contributed by atoms with Crippen LogP contribution in [0.4, 0.5) is 14.5 Å². The van der Waals surface area contributed by atoms with E-state index in [2.05, 4.69) is 10.6 Å². The highest BCUT2D eigenvalue weighted by molar-refractivity contribution is 6.34. The molecular formula is C18H17ClF2N2O4. The molecule has 0 bridgehead atoms. The molecular weight excluding hydrogens is 382 g/mol. The molecule has 144 valence electrons. The van der Waals surface area contributed by atoms with Crippen LogP contribution in [0.1, 0.15) is 16.8 Å². The van der Waals surface area contributed by atoms with Gasteiger partial charge in [-0.1, -0.05) is 11.6 Å². The van der Waals surface area contributed by atoms with Crippen LogP contribution >= 0.6 is 11.6 Å². The Morgan fingerprint density at radius 1 is 1.07 bits per heavy atom. The van der Waals surface area contributed by atoms with Gasteiger partial charge in [-0.05, 0) is 12.1 Å². The predicted octanol–water partition coefficient (Wildman–Crippen LogP) is 3.39. The molecule has 0 radical (unpaired) electrons. The minimum atomic E-state index is -0.978. The van der Waals surface area contributed by atoms with Crippen LogP contribution in [-0.2, 0) is 4.79 Å². The van der Waals surface area contributed by atoms with Gasteiger partial charge in [0, 0.05) is 31.2 Å². The van der Waals surface area contributed by atoms with Gasteiger partial charge in [-0.15, -0.1) is 0 Å². The number of benzene rings is 2. The van der Waals surface area contributed by atoms with Crippen LogP contribution in [0.15, 0.2) is 30.3 Å². The van der Waals surface area contributed by atoms with Gasteiger partial charge in [-0.25, -0.2) is 8.78 Å². The Labute approximate surface area is 159 Å². The maximum Gasteiger partial charge on any atom is 0.254 e. The second-order valence-corrected chi connectivity index (χ2v) is 5.77. The third-order valence-corrected chi connectivity index (χ3v) is 3.87. The highest BCUT2D eigenvalue weighted by Crippen LogP contribution is 2.36. The van der Waals surface area contributed by atoms with Crippen LogP contribution in [0.3, 0.4) is 0 Å². The molecule has 6 nitrogen and oxygen atoms in total. The second kappa shape index (κ2) is 9.18.